The van der Waals surface area contributed by atoms with Crippen molar-refractivity contribution in [2.45, 2.75) is 6.54 Å². The number of hydrogen-bond donors (Lipinski definition) is 1. The second-order valence-electron chi connectivity index (χ2n) is 4.99. The molecule has 0 unspecified atom stereocenters. The van der Waals surface area contributed by atoms with E-state index in [1.807, 2.05) is 61.1 Å². The van der Waals surface area contributed by atoms with Crippen LogP contribution in [0.1, 0.15) is 11.4 Å². The number of amides is 1. The van der Waals surface area contributed by atoms with Crippen molar-refractivity contribution in [1.29, 1.82) is 0 Å². The van der Waals surface area contributed by atoms with Crippen molar-refractivity contribution in [2.75, 3.05) is 19.0 Å². The molecule has 2 rings (SSSR count). The van der Waals surface area contributed by atoms with Crippen molar-refractivity contribution in [1.82, 2.24) is 14.9 Å². The van der Waals surface area contributed by atoms with Gasteiger partial charge in [-0.25, -0.2) is 4.98 Å². The van der Waals surface area contributed by atoms with Gasteiger partial charge in [0.15, 0.2) is 0 Å². The maximum absolute atomic E-state index is 11.8. The first-order valence-corrected chi connectivity index (χ1v) is 6.76. The topological polar surface area (TPSA) is 50.2 Å². The van der Waals surface area contributed by atoms with E-state index in [0.717, 1.165) is 17.1 Å². The molecule has 1 heterocycles. The molecule has 1 aromatic heterocycles. The van der Waals surface area contributed by atoms with E-state index in [1.165, 1.54) is 6.08 Å². The van der Waals surface area contributed by atoms with Gasteiger partial charge in [0.05, 0.1) is 6.54 Å². The molecule has 0 atom stereocenters. The fraction of sp³-hybridized carbons (Fsp3) is 0.250. The third kappa shape index (κ3) is 4.21. The molecule has 1 N–H and O–H groups in total. The Morgan fingerprint density at radius 2 is 2.05 bits per heavy atom. The molecule has 5 nitrogen and oxygen atoms in total. The van der Waals surface area contributed by atoms with Crippen LogP contribution in [-0.4, -0.2) is 29.6 Å². The van der Waals surface area contributed by atoms with Crippen LogP contribution < -0.4 is 10.2 Å². The van der Waals surface area contributed by atoms with Gasteiger partial charge in [-0.3, -0.25) is 4.79 Å². The zero-order chi connectivity index (χ0) is 15.2. The standard InChI is InChI=1S/C16H20N4O/c1-19(2)14-7-4-13(5-8-14)6-9-16(21)18-12-15-17-10-11-20(15)3/h4-11H,12H2,1-3H3,(H,18,21)/b9-6+. The van der Waals surface area contributed by atoms with E-state index in [-0.39, 0.29) is 5.91 Å². The highest BCUT2D eigenvalue weighted by Gasteiger charge is 2.01. The van der Waals surface area contributed by atoms with Crippen LogP contribution >= 0.6 is 0 Å². The van der Waals surface area contributed by atoms with Gasteiger partial charge in [0.25, 0.3) is 0 Å². The van der Waals surface area contributed by atoms with Crippen molar-refractivity contribution < 1.29 is 4.79 Å². The van der Waals surface area contributed by atoms with Crippen molar-refractivity contribution in [3.8, 4) is 0 Å². The highest BCUT2D eigenvalue weighted by molar-refractivity contribution is 5.91. The molecule has 0 saturated carbocycles. The van der Waals surface area contributed by atoms with Crippen molar-refractivity contribution >= 4 is 17.7 Å². The lowest BCUT2D eigenvalue weighted by molar-refractivity contribution is -0.116. The Morgan fingerprint density at radius 1 is 1.33 bits per heavy atom. The van der Waals surface area contributed by atoms with Crippen LogP contribution in [-0.2, 0) is 18.4 Å². The molecule has 0 aliphatic heterocycles. The van der Waals surface area contributed by atoms with Crippen LogP contribution in [0.5, 0.6) is 0 Å². The lowest BCUT2D eigenvalue weighted by Gasteiger charge is -2.11. The van der Waals surface area contributed by atoms with Gasteiger partial charge in [-0.15, -0.1) is 0 Å². The third-order valence-electron chi connectivity index (χ3n) is 3.18. The summed E-state index contributed by atoms with van der Waals surface area (Å²) < 4.78 is 1.88. The van der Waals surface area contributed by atoms with Crippen molar-refractivity contribution in [2.24, 2.45) is 7.05 Å². The predicted molar refractivity (Wildman–Crippen MR) is 84.9 cm³/mol. The van der Waals surface area contributed by atoms with Crippen LogP contribution in [0.3, 0.4) is 0 Å². The SMILES string of the molecule is CN(C)c1ccc(/C=C/C(=O)NCc2nccn2C)cc1. The van der Waals surface area contributed by atoms with Gasteiger partial charge < -0.3 is 14.8 Å². The molecule has 0 spiro atoms. The summed E-state index contributed by atoms with van der Waals surface area (Å²) >= 11 is 0. The van der Waals surface area contributed by atoms with E-state index in [4.69, 9.17) is 0 Å². The first kappa shape index (κ1) is 14.8. The zero-order valence-corrected chi connectivity index (χ0v) is 12.6. The number of rotatable bonds is 5. The minimum Gasteiger partial charge on any atom is -0.378 e. The number of carbonyl (C=O) groups is 1. The second kappa shape index (κ2) is 6.74. The molecule has 0 fully saturated rings. The Labute approximate surface area is 124 Å². The fourth-order valence-corrected chi connectivity index (χ4v) is 1.85. The summed E-state index contributed by atoms with van der Waals surface area (Å²) in [5, 5.41) is 2.81. The van der Waals surface area contributed by atoms with Crippen LogP contribution in [0.2, 0.25) is 0 Å². The number of carbonyl (C=O) groups excluding carboxylic acids is 1. The van der Waals surface area contributed by atoms with Gasteiger partial charge in [-0.05, 0) is 23.8 Å². The van der Waals surface area contributed by atoms with Gasteiger partial charge in [0.1, 0.15) is 5.82 Å². The highest BCUT2D eigenvalue weighted by Crippen LogP contribution is 2.12. The van der Waals surface area contributed by atoms with E-state index in [1.54, 1.807) is 12.3 Å². The summed E-state index contributed by atoms with van der Waals surface area (Å²) in [7, 11) is 5.89. The smallest absolute Gasteiger partial charge is 0.244 e. The molecule has 1 amide bonds. The number of nitrogens with zero attached hydrogens (tertiary/aromatic N) is 3. The van der Waals surface area contributed by atoms with Crippen LogP contribution in [0.25, 0.3) is 6.08 Å². The summed E-state index contributed by atoms with van der Waals surface area (Å²) in [6.07, 6.45) is 6.90. The van der Waals surface area contributed by atoms with Crippen LogP contribution in [0, 0.1) is 0 Å². The molecule has 2 aromatic rings. The average molecular weight is 284 g/mol. The van der Waals surface area contributed by atoms with Gasteiger partial charge in [0.2, 0.25) is 5.91 Å². The van der Waals surface area contributed by atoms with E-state index < -0.39 is 0 Å². The summed E-state index contributed by atoms with van der Waals surface area (Å²) in [5.74, 6) is 0.696. The van der Waals surface area contributed by atoms with Gasteiger partial charge in [0, 0.05) is 45.3 Å². The summed E-state index contributed by atoms with van der Waals surface area (Å²) in [5.41, 5.74) is 2.12. The molecule has 0 aliphatic carbocycles. The molecule has 110 valence electrons. The zero-order valence-electron chi connectivity index (χ0n) is 12.6. The molecule has 0 aliphatic rings. The van der Waals surface area contributed by atoms with E-state index >= 15 is 0 Å². The Balaban J connectivity index is 1.88. The first-order chi connectivity index (χ1) is 10.1. The molecular formula is C16H20N4O. The van der Waals surface area contributed by atoms with Crippen LogP contribution in [0.15, 0.2) is 42.7 Å². The van der Waals surface area contributed by atoms with E-state index in [2.05, 4.69) is 10.3 Å². The number of anilines is 1. The van der Waals surface area contributed by atoms with E-state index in [9.17, 15) is 4.79 Å². The Kier molecular flexibility index (Phi) is 4.77. The molecule has 0 radical (unpaired) electrons. The van der Waals surface area contributed by atoms with Crippen LogP contribution in [0.4, 0.5) is 5.69 Å². The normalized spacial score (nSPS) is 10.8. The second-order valence-corrected chi connectivity index (χ2v) is 4.99. The monoisotopic (exact) mass is 284 g/mol. The van der Waals surface area contributed by atoms with Crippen molar-refractivity contribution in [3.63, 3.8) is 0 Å². The molecule has 1 aromatic carbocycles. The quantitative estimate of drug-likeness (QED) is 0.852. The average Bonchev–Trinajstić information content (AvgIpc) is 2.88. The molecular weight excluding hydrogens is 264 g/mol. The summed E-state index contributed by atoms with van der Waals surface area (Å²) in [4.78, 5) is 17.9. The molecule has 0 saturated heterocycles. The van der Waals surface area contributed by atoms with Gasteiger partial charge in [-0.2, -0.15) is 0 Å². The Bertz CT molecular complexity index is 626. The molecule has 5 heteroatoms. The Hall–Kier alpha value is -2.56. The largest absolute Gasteiger partial charge is 0.378 e. The van der Waals surface area contributed by atoms with Gasteiger partial charge in [-0.1, -0.05) is 12.1 Å². The fourth-order valence-electron chi connectivity index (χ4n) is 1.85. The number of imidazole rings is 1. The summed E-state index contributed by atoms with van der Waals surface area (Å²) in [6.45, 7) is 0.423. The van der Waals surface area contributed by atoms with E-state index in [0.29, 0.717) is 6.54 Å². The third-order valence-corrected chi connectivity index (χ3v) is 3.18. The first-order valence-electron chi connectivity index (χ1n) is 6.76. The Morgan fingerprint density at radius 3 is 2.62 bits per heavy atom. The number of aryl methyl sites for hydroxylation is 1. The number of nitrogens with one attached hydrogen (secondary N) is 1. The molecule has 21 heavy (non-hydrogen) atoms. The summed E-state index contributed by atoms with van der Waals surface area (Å²) in [6, 6.07) is 8.01. The lowest BCUT2D eigenvalue weighted by Crippen LogP contribution is -2.22. The number of benzene rings is 1. The minimum atomic E-state index is -0.130. The lowest BCUT2D eigenvalue weighted by atomic mass is 10.2. The van der Waals surface area contributed by atoms with Gasteiger partial charge >= 0.3 is 0 Å². The predicted octanol–water partition coefficient (Wildman–Crippen LogP) is 1.82. The number of aromatic nitrogens is 2. The van der Waals surface area contributed by atoms with Crippen molar-refractivity contribution in [3.05, 3.63) is 54.1 Å². The highest BCUT2D eigenvalue weighted by atomic mass is 16.1. The minimum absolute atomic E-state index is 0.130. The maximum atomic E-state index is 11.8. The molecule has 0 bridgehead atoms. The maximum Gasteiger partial charge on any atom is 0.244 e. The number of hydrogen-bond acceptors (Lipinski definition) is 3.